The van der Waals surface area contributed by atoms with E-state index in [2.05, 4.69) is 31.2 Å². The largest absolute Gasteiger partial charge is 0.459 e. The van der Waals surface area contributed by atoms with E-state index in [1.54, 1.807) is 0 Å². The van der Waals surface area contributed by atoms with Crippen LogP contribution >= 0.6 is 28.3 Å². The average molecular weight is 437 g/mol. The second kappa shape index (κ2) is 8.47. The number of fused-ring (bicyclic) bond motifs is 1. The van der Waals surface area contributed by atoms with Gasteiger partial charge >= 0.3 is 5.97 Å². The molecule has 0 radical (unpaired) electrons. The third-order valence-corrected chi connectivity index (χ3v) is 4.07. The lowest BCUT2D eigenvalue weighted by atomic mass is 10.1. The molecule has 2 heterocycles. The van der Waals surface area contributed by atoms with Gasteiger partial charge in [0.25, 0.3) is 0 Å². The first-order valence-electron chi connectivity index (χ1n) is 7.94. The highest BCUT2D eigenvalue weighted by Gasteiger charge is 2.18. The van der Waals surface area contributed by atoms with E-state index < -0.39 is 5.97 Å². The lowest BCUT2D eigenvalue weighted by molar-refractivity contribution is 0.0379. The van der Waals surface area contributed by atoms with Crippen molar-refractivity contribution in [2.45, 2.75) is 26.9 Å². The predicted molar refractivity (Wildman–Crippen MR) is 109 cm³/mol. The molecule has 0 amide bonds. The van der Waals surface area contributed by atoms with Crippen LogP contribution in [0, 0.1) is 6.92 Å². The molecule has 0 saturated carbocycles. The topological polar surface area (TPSA) is 64.1 Å². The molecule has 7 heteroatoms. The fourth-order valence-electron chi connectivity index (χ4n) is 2.42. The Morgan fingerprint density at radius 2 is 1.85 bits per heavy atom. The van der Waals surface area contributed by atoms with Crippen LogP contribution in [0.2, 0.25) is 0 Å². The maximum atomic E-state index is 12.5. The molecule has 3 aromatic rings. The molecule has 0 fully saturated rings. The van der Waals surface area contributed by atoms with Gasteiger partial charge in [-0.25, -0.2) is 14.8 Å². The van der Waals surface area contributed by atoms with Crippen molar-refractivity contribution in [3.8, 4) is 0 Å². The Balaban J connectivity index is 0.00000243. The number of nitrogens with zero attached hydrogens (tertiary/aromatic N) is 2. The van der Waals surface area contributed by atoms with Crippen LogP contribution in [0.3, 0.4) is 0 Å². The minimum absolute atomic E-state index is 0. The lowest BCUT2D eigenvalue weighted by Gasteiger charge is -2.15. The molecule has 1 aromatic carbocycles. The minimum Gasteiger partial charge on any atom is -0.459 e. The van der Waals surface area contributed by atoms with E-state index >= 15 is 0 Å². The van der Waals surface area contributed by atoms with Gasteiger partial charge in [0.1, 0.15) is 5.56 Å². The predicted octanol–water partition coefficient (Wildman–Crippen LogP) is 5.43. The molecular weight excluding hydrogens is 418 g/mol. The first kappa shape index (κ1) is 20.1. The second-order valence-electron chi connectivity index (χ2n) is 5.96. The number of pyridine rings is 2. The summed E-state index contributed by atoms with van der Waals surface area (Å²) in [4.78, 5) is 21.3. The highest BCUT2D eigenvalue weighted by molar-refractivity contribution is 9.10. The van der Waals surface area contributed by atoms with Crippen molar-refractivity contribution in [1.82, 2.24) is 9.97 Å². The first-order chi connectivity index (χ1) is 11.9. The van der Waals surface area contributed by atoms with Crippen LogP contribution in [0.4, 0.5) is 11.4 Å². The summed E-state index contributed by atoms with van der Waals surface area (Å²) in [5.41, 5.74) is 3.34. The Hall–Kier alpha value is -2.18. The summed E-state index contributed by atoms with van der Waals surface area (Å²) in [5, 5.41) is 4.08. The van der Waals surface area contributed by atoms with Gasteiger partial charge in [-0.05, 0) is 57.2 Å². The number of esters is 1. The molecule has 0 aliphatic heterocycles. The summed E-state index contributed by atoms with van der Waals surface area (Å²) >= 11 is 3.42. The van der Waals surface area contributed by atoms with Crippen molar-refractivity contribution >= 4 is 56.7 Å². The zero-order chi connectivity index (χ0) is 18.0. The highest BCUT2D eigenvalue weighted by Crippen LogP contribution is 2.30. The van der Waals surface area contributed by atoms with Crippen molar-refractivity contribution < 1.29 is 9.53 Å². The molecule has 26 heavy (non-hydrogen) atoms. The number of aryl methyl sites for hydroxylation is 1. The summed E-state index contributed by atoms with van der Waals surface area (Å²) in [6, 6.07) is 11.5. The molecule has 0 aliphatic rings. The van der Waals surface area contributed by atoms with Crippen molar-refractivity contribution in [1.29, 1.82) is 0 Å². The Morgan fingerprint density at radius 1 is 1.15 bits per heavy atom. The number of anilines is 2. The van der Waals surface area contributed by atoms with Gasteiger partial charge in [0.05, 0.1) is 11.8 Å². The summed E-state index contributed by atoms with van der Waals surface area (Å²) in [6.07, 6.45) is 1.31. The van der Waals surface area contributed by atoms with Crippen LogP contribution < -0.4 is 5.32 Å². The van der Waals surface area contributed by atoms with E-state index in [1.807, 2.05) is 57.2 Å². The minimum atomic E-state index is -0.412. The molecule has 0 aliphatic carbocycles. The molecule has 2 aromatic heterocycles. The number of ether oxygens (including phenoxy) is 1. The van der Waals surface area contributed by atoms with E-state index in [4.69, 9.17) is 4.74 Å². The maximum absolute atomic E-state index is 12.5. The average Bonchev–Trinajstić information content (AvgIpc) is 2.56. The number of nitrogens with one attached hydrogen (secondary N) is 1. The van der Waals surface area contributed by atoms with E-state index in [0.29, 0.717) is 16.9 Å². The zero-order valence-electron chi connectivity index (χ0n) is 14.6. The van der Waals surface area contributed by atoms with Gasteiger partial charge in [-0.1, -0.05) is 15.9 Å². The van der Waals surface area contributed by atoms with E-state index in [0.717, 1.165) is 21.2 Å². The molecule has 0 unspecified atom stereocenters. The Kier molecular flexibility index (Phi) is 6.56. The summed E-state index contributed by atoms with van der Waals surface area (Å²) < 4.78 is 6.34. The van der Waals surface area contributed by atoms with Crippen LogP contribution in [0.25, 0.3) is 11.0 Å². The quantitative estimate of drug-likeness (QED) is 0.552. The SMILES string of the molecule is Cc1ccc2c(Nc3ccc(Br)cc3)c(C(=O)OC(C)C)cnc2n1.Cl. The Morgan fingerprint density at radius 3 is 2.50 bits per heavy atom. The monoisotopic (exact) mass is 435 g/mol. The van der Waals surface area contributed by atoms with Gasteiger partial charge in [-0.2, -0.15) is 0 Å². The number of aromatic nitrogens is 2. The van der Waals surface area contributed by atoms with E-state index in [1.165, 1.54) is 6.20 Å². The summed E-state index contributed by atoms with van der Waals surface area (Å²) in [7, 11) is 0. The number of rotatable bonds is 4. The van der Waals surface area contributed by atoms with Crippen LogP contribution in [0.5, 0.6) is 0 Å². The van der Waals surface area contributed by atoms with Crippen LogP contribution in [-0.4, -0.2) is 22.0 Å². The van der Waals surface area contributed by atoms with Gasteiger partial charge in [0.15, 0.2) is 5.65 Å². The molecule has 0 saturated heterocycles. The second-order valence-corrected chi connectivity index (χ2v) is 6.87. The molecule has 1 N–H and O–H groups in total. The molecule has 0 bridgehead atoms. The van der Waals surface area contributed by atoms with Gasteiger partial charge < -0.3 is 10.1 Å². The third kappa shape index (κ3) is 4.51. The lowest BCUT2D eigenvalue weighted by Crippen LogP contribution is -2.14. The van der Waals surface area contributed by atoms with Gasteiger partial charge in [0, 0.05) is 27.4 Å². The number of benzene rings is 1. The van der Waals surface area contributed by atoms with E-state index in [-0.39, 0.29) is 18.5 Å². The fourth-order valence-corrected chi connectivity index (χ4v) is 2.68. The van der Waals surface area contributed by atoms with Crippen molar-refractivity contribution in [2.24, 2.45) is 0 Å². The molecule has 0 atom stereocenters. The highest BCUT2D eigenvalue weighted by atomic mass is 79.9. The standard InChI is InChI=1S/C19H18BrN3O2.ClH/c1-11(2)25-19(24)16-10-21-18-15(9-4-12(3)22-18)17(16)23-14-7-5-13(20)6-8-14;/h4-11H,1-3H3,(H,21,22,23);1H. The van der Waals surface area contributed by atoms with Crippen LogP contribution in [-0.2, 0) is 4.74 Å². The normalized spacial score (nSPS) is 10.5. The molecular formula is C19H19BrClN3O2. The molecule has 3 rings (SSSR count). The first-order valence-corrected chi connectivity index (χ1v) is 8.73. The Labute approximate surface area is 166 Å². The van der Waals surface area contributed by atoms with Gasteiger partial charge in [-0.15, -0.1) is 12.4 Å². The van der Waals surface area contributed by atoms with Crippen molar-refractivity contribution in [3.05, 3.63) is 58.3 Å². The third-order valence-electron chi connectivity index (χ3n) is 3.55. The van der Waals surface area contributed by atoms with Crippen molar-refractivity contribution in [2.75, 3.05) is 5.32 Å². The van der Waals surface area contributed by atoms with Crippen LogP contribution in [0.1, 0.15) is 29.9 Å². The Bertz CT molecular complexity index is 930. The van der Waals surface area contributed by atoms with Crippen molar-refractivity contribution in [3.63, 3.8) is 0 Å². The van der Waals surface area contributed by atoms with Gasteiger partial charge in [0.2, 0.25) is 0 Å². The molecule has 5 nitrogen and oxygen atoms in total. The molecule has 0 spiro atoms. The van der Waals surface area contributed by atoms with Gasteiger partial charge in [-0.3, -0.25) is 0 Å². The molecule has 136 valence electrons. The van der Waals surface area contributed by atoms with E-state index in [9.17, 15) is 4.79 Å². The summed E-state index contributed by atoms with van der Waals surface area (Å²) in [6.45, 7) is 5.54. The number of halogens is 2. The number of hydrogen-bond donors (Lipinski definition) is 1. The fraction of sp³-hybridized carbons (Fsp3) is 0.211. The summed E-state index contributed by atoms with van der Waals surface area (Å²) in [5.74, 6) is -0.412. The zero-order valence-corrected chi connectivity index (χ0v) is 17.0. The smallest absolute Gasteiger partial charge is 0.342 e. The van der Waals surface area contributed by atoms with Crippen LogP contribution in [0.15, 0.2) is 47.1 Å². The maximum Gasteiger partial charge on any atom is 0.342 e. The number of carbonyl (C=O) groups is 1. The number of hydrogen-bond acceptors (Lipinski definition) is 5. The number of carbonyl (C=O) groups excluding carboxylic acids is 1.